The summed E-state index contributed by atoms with van der Waals surface area (Å²) < 4.78 is 13.0. The fourth-order valence-electron chi connectivity index (χ4n) is 3.53. The number of nitrogens with one attached hydrogen (secondary N) is 1. The molecule has 0 aliphatic rings. The summed E-state index contributed by atoms with van der Waals surface area (Å²) in [5.41, 5.74) is 5.05. The summed E-state index contributed by atoms with van der Waals surface area (Å²) in [4.78, 5) is 58.2. The highest BCUT2D eigenvalue weighted by atomic mass is 16.5. The molecule has 3 rings (SSSR count). The van der Waals surface area contributed by atoms with Crippen LogP contribution in [-0.4, -0.2) is 63.1 Å². The first-order valence-electron chi connectivity index (χ1n) is 11.2. The molecular weight excluding hydrogens is 470 g/mol. The first-order valence-corrected chi connectivity index (χ1v) is 11.2. The largest absolute Gasteiger partial charge is 0.452 e. The van der Waals surface area contributed by atoms with Crippen LogP contribution in [0.25, 0.3) is 5.82 Å². The van der Waals surface area contributed by atoms with E-state index in [0.717, 1.165) is 4.90 Å². The normalized spacial score (nSPS) is 11.0. The van der Waals surface area contributed by atoms with Crippen LogP contribution in [0, 0.1) is 12.8 Å². The molecule has 3 heterocycles. The Morgan fingerprint density at radius 3 is 2.64 bits per heavy atom. The van der Waals surface area contributed by atoms with Crippen LogP contribution in [0.15, 0.2) is 40.2 Å². The average Bonchev–Trinajstić information content (AvgIpc) is 3.23. The molecule has 36 heavy (non-hydrogen) atoms. The molecule has 0 bridgehead atoms. The molecule has 13 nitrogen and oxygen atoms in total. The van der Waals surface area contributed by atoms with E-state index < -0.39 is 29.7 Å². The monoisotopic (exact) mass is 499 g/mol. The van der Waals surface area contributed by atoms with Gasteiger partial charge < -0.3 is 15.2 Å². The molecule has 0 aliphatic heterocycles. The molecular formula is C23H29N7O6. The smallest absolute Gasteiger partial charge is 0.342 e. The van der Waals surface area contributed by atoms with Crippen molar-refractivity contribution in [3.63, 3.8) is 0 Å². The van der Waals surface area contributed by atoms with Crippen molar-refractivity contribution in [1.82, 2.24) is 24.3 Å². The number of nitrogens with two attached hydrogens (primary N) is 1. The highest BCUT2D eigenvalue weighted by Gasteiger charge is 2.26. The molecule has 0 fully saturated rings. The Bertz CT molecular complexity index is 1340. The maximum absolute atomic E-state index is 13.1. The summed E-state index contributed by atoms with van der Waals surface area (Å²) in [6.07, 6.45) is 2.92. The third-order valence-electron chi connectivity index (χ3n) is 5.27. The van der Waals surface area contributed by atoms with E-state index in [9.17, 15) is 19.2 Å². The molecule has 0 radical (unpaired) electrons. The number of aromatic amines is 1. The van der Waals surface area contributed by atoms with E-state index in [1.165, 1.54) is 22.6 Å². The van der Waals surface area contributed by atoms with E-state index in [1.807, 2.05) is 13.8 Å². The van der Waals surface area contributed by atoms with Gasteiger partial charge in [-0.1, -0.05) is 19.9 Å². The summed E-state index contributed by atoms with van der Waals surface area (Å²) >= 11 is 0. The van der Waals surface area contributed by atoms with Crippen molar-refractivity contribution in [1.29, 1.82) is 0 Å². The van der Waals surface area contributed by atoms with E-state index in [1.54, 1.807) is 31.3 Å². The minimum Gasteiger partial charge on any atom is -0.452 e. The van der Waals surface area contributed by atoms with Crippen LogP contribution in [0.3, 0.4) is 0 Å². The van der Waals surface area contributed by atoms with Gasteiger partial charge in [0.15, 0.2) is 18.1 Å². The molecule has 0 atom stereocenters. The average molecular weight is 500 g/mol. The fraction of sp³-hybridized carbons (Fsp3) is 0.391. The van der Waals surface area contributed by atoms with Crippen LogP contribution in [0.5, 0.6) is 0 Å². The van der Waals surface area contributed by atoms with Crippen LogP contribution in [0.2, 0.25) is 0 Å². The van der Waals surface area contributed by atoms with Crippen molar-refractivity contribution in [2.24, 2.45) is 5.92 Å². The lowest BCUT2D eigenvalue weighted by molar-refractivity contribution is -0.121. The molecule has 0 aromatic carbocycles. The predicted octanol–water partition coefficient (Wildman–Crippen LogP) is 0.500. The number of esters is 1. The minimum atomic E-state index is -0.833. The van der Waals surface area contributed by atoms with Gasteiger partial charge in [-0.3, -0.25) is 24.0 Å². The molecule has 3 N–H and O–H groups in total. The summed E-state index contributed by atoms with van der Waals surface area (Å²) in [7, 11) is 1.43. The lowest BCUT2D eigenvalue weighted by Crippen LogP contribution is -2.44. The van der Waals surface area contributed by atoms with Gasteiger partial charge in [0.25, 0.3) is 11.5 Å². The number of pyridine rings is 1. The van der Waals surface area contributed by atoms with Gasteiger partial charge in [0, 0.05) is 26.4 Å². The number of amides is 1. The molecule has 1 amide bonds. The van der Waals surface area contributed by atoms with Crippen molar-refractivity contribution in [3.8, 4) is 5.82 Å². The molecule has 0 aliphatic carbocycles. The van der Waals surface area contributed by atoms with Crippen LogP contribution in [-0.2, 0) is 20.8 Å². The van der Waals surface area contributed by atoms with Gasteiger partial charge in [-0.15, -0.1) is 0 Å². The zero-order valence-corrected chi connectivity index (χ0v) is 20.6. The van der Waals surface area contributed by atoms with Crippen LogP contribution < -0.4 is 21.9 Å². The third kappa shape index (κ3) is 5.68. The number of nitrogens with zero attached hydrogens (tertiary/aromatic N) is 5. The maximum atomic E-state index is 13.1. The predicted molar refractivity (Wildman–Crippen MR) is 131 cm³/mol. The maximum Gasteiger partial charge on any atom is 0.342 e. The van der Waals surface area contributed by atoms with Crippen LogP contribution in [0.4, 0.5) is 11.5 Å². The number of rotatable bonds is 10. The first-order chi connectivity index (χ1) is 17.1. The standard InChI is InChI=1S/C23H29N7O6/c1-14(2)12-29-20(24)19(21(32)27-23(29)34)28(9-10-35-4)18(31)13-36-22(33)16-11-26-30(15(16)3)17-7-5-6-8-25-17/h5-8,11,14H,9-10,12-13,24H2,1-4H3,(H,27,32,34). The SMILES string of the molecule is COCCN(C(=O)COC(=O)c1cnn(-c2ccccn2)c1C)c1c(N)n(CC(C)C)c(=O)[nH]c1=O. The first kappa shape index (κ1) is 26.3. The summed E-state index contributed by atoms with van der Waals surface area (Å²) in [5.74, 6) is -1.10. The number of H-pyrrole nitrogens is 1. The van der Waals surface area contributed by atoms with Gasteiger partial charge in [-0.2, -0.15) is 5.10 Å². The number of anilines is 2. The molecule has 0 saturated heterocycles. The Kier molecular flexibility index (Phi) is 8.38. The van der Waals surface area contributed by atoms with Crippen molar-refractivity contribution in [2.75, 3.05) is 37.5 Å². The van der Waals surface area contributed by atoms with Crippen molar-refractivity contribution < 1.29 is 19.1 Å². The number of methoxy groups -OCH3 is 1. The zero-order chi connectivity index (χ0) is 26.4. The fourth-order valence-corrected chi connectivity index (χ4v) is 3.53. The second kappa shape index (κ2) is 11.4. The summed E-state index contributed by atoms with van der Waals surface area (Å²) in [6, 6.07) is 5.27. The van der Waals surface area contributed by atoms with Crippen molar-refractivity contribution in [3.05, 3.63) is 62.7 Å². The Balaban J connectivity index is 1.84. The molecule has 13 heteroatoms. The Hall–Kier alpha value is -4.26. The van der Waals surface area contributed by atoms with Gasteiger partial charge in [0.05, 0.1) is 18.5 Å². The van der Waals surface area contributed by atoms with E-state index in [2.05, 4.69) is 15.1 Å². The van der Waals surface area contributed by atoms with Crippen molar-refractivity contribution >= 4 is 23.4 Å². The number of ether oxygens (including phenoxy) is 2. The second-order valence-corrected chi connectivity index (χ2v) is 8.36. The van der Waals surface area contributed by atoms with Gasteiger partial charge >= 0.3 is 11.7 Å². The molecule has 3 aromatic heterocycles. The molecule has 0 unspecified atom stereocenters. The Morgan fingerprint density at radius 2 is 2.00 bits per heavy atom. The lowest BCUT2D eigenvalue weighted by Gasteiger charge is -2.24. The van der Waals surface area contributed by atoms with E-state index in [4.69, 9.17) is 15.2 Å². The van der Waals surface area contributed by atoms with Gasteiger partial charge in [-0.05, 0) is 25.0 Å². The van der Waals surface area contributed by atoms with E-state index in [0.29, 0.717) is 11.5 Å². The summed E-state index contributed by atoms with van der Waals surface area (Å²) in [6.45, 7) is 4.98. The highest BCUT2D eigenvalue weighted by molar-refractivity contribution is 5.98. The number of hydrogen-bond acceptors (Lipinski definition) is 9. The molecule has 192 valence electrons. The molecule has 3 aromatic rings. The zero-order valence-electron chi connectivity index (χ0n) is 20.6. The highest BCUT2D eigenvalue weighted by Crippen LogP contribution is 2.18. The number of nitrogen functional groups attached to an aromatic ring is 1. The topological polar surface area (TPSA) is 167 Å². The van der Waals surface area contributed by atoms with E-state index in [-0.39, 0.29) is 42.7 Å². The lowest BCUT2D eigenvalue weighted by atomic mass is 10.2. The quantitative estimate of drug-likeness (QED) is 0.377. The summed E-state index contributed by atoms with van der Waals surface area (Å²) in [5, 5.41) is 4.17. The molecule has 0 saturated carbocycles. The number of carbonyl (C=O) groups is 2. The Labute approximate surface area is 206 Å². The van der Waals surface area contributed by atoms with Gasteiger partial charge in [0.2, 0.25) is 0 Å². The van der Waals surface area contributed by atoms with Crippen molar-refractivity contribution in [2.45, 2.75) is 27.3 Å². The molecule has 0 spiro atoms. The second-order valence-electron chi connectivity index (χ2n) is 8.36. The minimum absolute atomic E-state index is 0.0445. The van der Waals surface area contributed by atoms with Crippen LogP contribution in [0.1, 0.15) is 29.9 Å². The van der Waals surface area contributed by atoms with E-state index >= 15 is 0 Å². The Morgan fingerprint density at radius 1 is 1.25 bits per heavy atom. The number of carbonyl (C=O) groups excluding carboxylic acids is 2. The van der Waals surface area contributed by atoms with Gasteiger partial charge in [-0.25, -0.2) is 19.3 Å². The van der Waals surface area contributed by atoms with Crippen LogP contribution >= 0.6 is 0 Å². The third-order valence-corrected chi connectivity index (χ3v) is 5.27. The van der Waals surface area contributed by atoms with Gasteiger partial charge in [0.1, 0.15) is 11.4 Å². The number of aromatic nitrogens is 5. The number of hydrogen-bond donors (Lipinski definition) is 2.